The first-order valence-electron chi connectivity index (χ1n) is 12.7. The van der Waals surface area contributed by atoms with E-state index in [1.165, 1.54) is 6.08 Å². The summed E-state index contributed by atoms with van der Waals surface area (Å²) in [6, 6.07) is 13.9. The van der Waals surface area contributed by atoms with Gasteiger partial charge < -0.3 is 30.0 Å². The second-order valence-corrected chi connectivity index (χ2v) is 9.97. The zero-order valence-corrected chi connectivity index (χ0v) is 22.3. The van der Waals surface area contributed by atoms with Crippen LogP contribution in [0.1, 0.15) is 5.82 Å². The summed E-state index contributed by atoms with van der Waals surface area (Å²) in [5.41, 5.74) is 6.16. The van der Waals surface area contributed by atoms with E-state index >= 15 is 0 Å². The van der Waals surface area contributed by atoms with Gasteiger partial charge in [0.2, 0.25) is 5.91 Å². The van der Waals surface area contributed by atoms with Gasteiger partial charge >= 0.3 is 0 Å². The van der Waals surface area contributed by atoms with Crippen LogP contribution in [0, 0.1) is 0 Å². The minimum Gasteiger partial charge on any atom is -0.495 e. The van der Waals surface area contributed by atoms with Crippen molar-refractivity contribution in [3.63, 3.8) is 0 Å². The molecule has 1 amide bonds. The molecular formula is C29H28N6O3S. The largest absolute Gasteiger partial charge is 0.495 e. The Bertz CT molecular complexity index is 1670. The lowest BCUT2D eigenvalue weighted by Crippen LogP contribution is -2.37. The molecule has 0 aliphatic carbocycles. The second kappa shape index (κ2) is 10.8. The van der Waals surface area contributed by atoms with E-state index in [9.17, 15) is 4.79 Å². The number of aromatic nitrogens is 3. The number of hydrogen-bond acceptors (Lipinski definition) is 8. The minimum absolute atomic E-state index is 0.282. The highest BCUT2D eigenvalue weighted by atomic mass is 32.1. The highest BCUT2D eigenvalue weighted by Gasteiger charge is 2.23. The molecule has 0 radical (unpaired) electrons. The van der Waals surface area contributed by atoms with Gasteiger partial charge in [-0.25, -0.2) is 9.97 Å². The number of benzene rings is 2. The number of thiophene rings is 1. The van der Waals surface area contributed by atoms with E-state index in [0.29, 0.717) is 50.1 Å². The van der Waals surface area contributed by atoms with Crippen molar-refractivity contribution in [1.82, 2.24) is 15.0 Å². The Labute approximate surface area is 229 Å². The lowest BCUT2D eigenvalue weighted by Gasteiger charge is -2.33. The van der Waals surface area contributed by atoms with Crippen LogP contribution in [-0.2, 0) is 16.1 Å². The molecule has 0 atom stereocenters. The molecule has 1 aliphatic heterocycles. The summed E-state index contributed by atoms with van der Waals surface area (Å²) in [4.78, 5) is 27.7. The topological polar surface area (TPSA) is 104 Å². The Kier molecular flexibility index (Phi) is 6.87. The molecule has 0 unspecified atom stereocenters. The molecule has 0 saturated carbocycles. The lowest BCUT2D eigenvalue weighted by atomic mass is 10.1. The Morgan fingerprint density at radius 1 is 1.21 bits per heavy atom. The van der Waals surface area contributed by atoms with Crippen LogP contribution in [0.2, 0.25) is 0 Å². The van der Waals surface area contributed by atoms with E-state index < -0.39 is 0 Å². The SMILES string of the molecule is C=CC(=O)Nc1ccc(OC)c(NCc2nc(-c3c[nH]c4ccccc34)c3sccc3n2)c1N1CCOCC1. The maximum atomic E-state index is 12.3. The Morgan fingerprint density at radius 2 is 2.05 bits per heavy atom. The van der Waals surface area contributed by atoms with Crippen LogP contribution in [0.3, 0.4) is 0 Å². The standard InChI is InChI=1S/C29H28N6O3S/c1-3-25(36)33-21-8-9-23(37-2)27(28(21)35-11-13-38-14-12-35)31-17-24-32-22-10-15-39-29(22)26(34-24)19-16-30-20-7-5-4-6-18(19)20/h3-10,15-16,30-31H,1,11-14,17H2,2H3,(H,33,36). The molecule has 4 heterocycles. The molecule has 2 aromatic carbocycles. The number of H-pyrrole nitrogens is 1. The molecule has 0 spiro atoms. The third-order valence-electron chi connectivity index (χ3n) is 6.75. The fraction of sp³-hybridized carbons (Fsp3) is 0.207. The number of para-hydroxylation sites is 1. The highest BCUT2D eigenvalue weighted by Crippen LogP contribution is 2.42. The summed E-state index contributed by atoms with van der Waals surface area (Å²) in [5.74, 6) is 1.02. The number of ether oxygens (including phenoxy) is 2. The smallest absolute Gasteiger partial charge is 0.247 e. The summed E-state index contributed by atoms with van der Waals surface area (Å²) in [5, 5.41) is 9.63. The maximum absolute atomic E-state index is 12.3. The van der Waals surface area contributed by atoms with Crippen LogP contribution in [-0.4, -0.2) is 54.3 Å². The van der Waals surface area contributed by atoms with Gasteiger partial charge in [0.1, 0.15) is 17.3 Å². The number of nitrogens with one attached hydrogen (secondary N) is 3. The van der Waals surface area contributed by atoms with E-state index in [4.69, 9.17) is 19.4 Å². The minimum atomic E-state index is -0.282. The molecule has 0 bridgehead atoms. The summed E-state index contributed by atoms with van der Waals surface area (Å²) in [6.45, 7) is 6.50. The van der Waals surface area contributed by atoms with Crippen LogP contribution in [0.25, 0.3) is 32.4 Å². The molecular weight excluding hydrogens is 512 g/mol. The number of morpholine rings is 1. The van der Waals surface area contributed by atoms with Gasteiger partial charge in [-0.3, -0.25) is 4.79 Å². The Hall–Kier alpha value is -4.41. The van der Waals surface area contributed by atoms with Crippen molar-refractivity contribution in [2.24, 2.45) is 0 Å². The molecule has 6 rings (SSSR count). The van der Waals surface area contributed by atoms with Crippen molar-refractivity contribution < 1.29 is 14.3 Å². The van der Waals surface area contributed by atoms with Gasteiger partial charge in [-0.2, -0.15) is 0 Å². The molecule has 3 aromatic heterocycles. The predicted molar refractivity (Wildman–Crippen MR) is 157 cm³/mol. The number of hydrogen-bond donors (Lipinski definition) is 3. The van der Waals surface area contributed by atoms with Crippen molar-refractivity contribution in [1.29, 1.82) is 0 Å². The number of nitrogens with zero attached hydrogens (tertiary/aromatic N) is 3. The van der Waals surface area contributed by atoms with Gasteiger partial charge in [0.15, 0.2) is 0 Å². The summed E-state index contributed by atoms with van der Waals surface area (Å²) in [6.07, 6.45) is 3.27. The monoisotopic (exact) mass is 540 g/mol. The summed E-state index contributed by atoms with van der Waals surface area (Å²) < 4.78 is 12.4. The molecule has 39 heavy (non-hydrogen) atoms. The van der Waals surface area contributed by atoms with Crippen LogP contribution >= 0.6 is 11.3 Å². The third-order valence-corrected chi connectivity index (χ3v) is 7.66. The maximum Gasteiger partial charge on any atom is 0.247 e. The number of rotatable bonds is 8. The number of amides is 1. The van der Waals surface area contributed by atoms with E-state index in [1.807, 2.05) is 41.9 Å². The first-order valence-corrected chi connectivity index (χ1v) is 13.6. The van der Waals surface area contributed by atoms with Crippen molar-refractivity contribution in [2.75, 3.05) is 48.9 Å². The normalized spacial score (nSPS) is 13.5. The van der Waals surface area contributed by atoms with Crippen molar-refractivity contribution in [3.8, 4) is 17.0 Å². The van der Waals surface area contributed by atoms with E-state index in [1.54, 1.807) is 18.4 Å². The van der Waals surface area contributed by atoms with Crippen molar-refractivity contribution in [2.45, 2.75) is 6.54 Å². The molecule has 1 saturated heterocycles. The van der Waals surface area contributed by atoms with E-state index in [0.717, 1.165) is 43.8 Å². The average molecular weight is 541 g/mol. The molecule has 5 aromatic rings. The molecule has 9 nitrogen and oxygen atoms in total. The first-order chi connectivity index (χ1) is 19.2. The third kappa shape index (κ3) is 4.80. The first kappa shape index (κ1) is 24.9. The molecule has 1 fully saturated rings. The van der Waals surface area contributed by atoms with Crippen molar-refractivity contribution in [3.05, 3.63) is 72.5 Å². The quantitative estimate of drug-likeness (QED) is 0.226. The predicted octanol–water partition coefficient (Wildman–Crippen LogP) is 5.42. The van der Waals surface area contributed by atoms with Gasteiger partial charge in [-0.15, -0.1) is 11.3 Å². The van der Waals surface area contributed by atoms with E-state index in [-0.39, 0.29) is 5.91 Å². The fourth-order valence-corrected chi connectivity index (χ4v) is 5.76. The number of carbonyl (C=O) groups excluding carboxylic acids is 1. The number of anilines is 3. The summed E-state index contributed by atoms with van der Waals surface area (Å²) >= 11 is 1.63. The van der Waals surface area contributed by atoms with Crippen LogP contribution in [0.15, 0.2) is 66.7 Å². The number of carbonyl (C=O) groups is 1. The number of fused-ring (bicyclic) bond motifs is 2. The van der Waals surface area contributed by atoms with Gasteiger partial charge in [0, 0.05) is 35.8 Å². The average Bonchev–Trinajstić information content (AvgIpc) is 3.63. The molecule has 3 N–H and O–H groups in total. The van der Waals surface area contributed by atoms with Crippen LogP contribution in [0.4, 0.5) is 17.1 Å². The van der Waals surface area contributed by atoms with Gasteiger partial charge in [0.05, 0.1) is 54.2 Å². The fourth-order valence-electron chi connectivity index (χ4n) is 4.92. The number of aromatic amines is 1. The summed E-state index contributed by atoms with van der Waals surface area (Å²) in [7, 11) is 1.63. The van der Waals surface area contributed by atoms with Gasteiger partial charge in [-0.1, -0.05) is 24.8 Å². The van der Waals surface area contributed by atoms with Crippen LogP contribution < -0.4 is 20.3 Å². The molecule has 10 heteroatoms. The van der Waals surface area contributed by atoms with Gasteiger partial charge in [-0.05, 0) is 35.7 Å². The highest BCUT2D eigenvalue weighted by molar-refractivity contribution is 7.17. The second-order valence-electron chi connectivity index (χ2n) is 9.06. The zero-order valence-electron chi connectivity index (χ0n) is 21.5. The number of methoxy groups -OCH3 is 1. The molecule has 1 aliphatic rings. The van der Waals surface area contributed by atoms with E-state index in [2.05, 4.69) is 39.2 Å². The zero-order chi connectivity index (χ0) is 26.8. The Morgan fingerprint density at radius 3 is 2.87 bits per heavy atom. The van der Waals surface area contributed by atoms with Crippen molar-refractivity contribution >= 4 is 55.4 Å². The Balaban J connectivity index is 1.40. The lowest BCUT2D eigenvalue weighted by molar-refractivity contribution is -0.111. The molecule has 198 valence electrons. The van der Waals surface area contributed by atoms with Crippen LogP contribution in [0.5, 0.6) is 5.75 Å². The van der Waals surface area contributed by atoms with Gasteiger partial charge in [0.25, 0.3) is 0 Å².